The molecule has 0 saturated carbocycles. The fourth-order valence-corrected chi connectivity index (χ4v) is 3.65. The molecule has 0 aliphatic carbocycles. The molecule has 0 aliphatic heterocycles. The lowest BCUT2D eigenvalue weighted by Crippen LogP contribution is -2.22. The number of nitrogens with zero attached hydrogens (tertiary/aromatic N) is 1. The third-order valence-corrected chi connectivity index (χ3v) is 5.36. The molecule has 0 aliphatic rings. The van der Waals surface area contributed by atoms with E-state index in [2.05, 4.69) is 20.0 Å². The molecule has 0 spiro atoms. The van der Waals surface area contributed by atoms with Gasteiger partial charge in [0.25, 0.3) is 10.0 Å². The van der Waals surface area contributed by atoms with Crippen LogP contribution in [0.25, 0.3) is 11.0 Å². The molecule has 142 valence electrons. The van der Waals surface area contributed by atoms with Gasteiger partial charge >= 0.3 is 5.82 Å². The van der Waals surface area contributed by atoms with Crippen LogP contribution in [0.2, 0.25) is 0 Å². The Morgan fingerprint density at radius 1 is 1.04 bits per heavy atom. The van der Waals surface area contributed by atoms with Gasteiger partial charge in [-0.3, -0.25) is 10.0 Å². The number of hydrogen-bond acceptors (Lipinski definition) is 5. The molecule has 0 radical (unpaired) electrons. The minimum absolute atomic E-state index is 0.0687. The van der Waals surface area contributed by atoms with Gasteiger partial charge in [-0.05, 0) is 48.5 Å². The van der Waals surface area contributed by atoms with E-state index < -0.39 is 15.8 Å². The summed E-state index contributed by atoms with van der Waals surface area (Å²) in [4.78, 5) is 7.48. The number of aromatic amines is 1. The topological polar surface area (TPSA) is 98.4 Å². The highest BCUT2D eigenvalue weighted by molar-refractivity contribution is 7.92. The van der Waals surface area contributed by atoms with Crippen molar-refractivity contribution in [2.24, 2.45) is 0 Å². The highest BCUT2D eigenvalue weighted by Gasteiger charge is 2.22. The molecule has 2 aromatic heterocycles. The summed E-state index contributed by atoms with van der Waals surface area (Å²) < 4.78 is 46.3. The Bertz CT molecular complexity index is 1210. The molecular weight excluding hydrogens is 383 g/mol. The van der Waals surface area contributed by atoms with E-state index in [1.807, 2.05) is 12.1 Å². The van der Waals surface area contributed by atoms with Crippen LogP contribution < -0.4 is 15.0 Å². The molecule has 4 rings (SSSR count). The lowest BCUT2D eigenvalue weighted by molar-refractivity contribution is -0.327. The first-order valence-electron chi connectivity index (χ1n) is 8.38. The van der Waals surface area contributed by atoms with Crippen LogP contribution in [0.5, 0.6) is 0 Å². The predicted octanol–water partition coefficient (Wildman–Crippen LogP) is 3.19. The maximum Gasteiger partial charge on any atom is 0.317 e. The van der Waals surface area contributed by atoms with Crippen LogP contribution in [0, 0.1) is 5.82 Å². The second-order valence-electron chi connectivity index (χ2n) is 5.97. The lowest BCUT2D eigenvalue weighted by atomic mass is 10.3. The van der Waals surface area contributed by atoms with Crippen molar-refractivity contribution in [1.82, 2.24) is 4.98 Å². The summed E-state index contributed by atoms with van der Waals surface area (Å²) in [7, 11) is -3.96. The number of fused-ring (bicyclic) bond motifs is 1. The van der Waals surface area contributed by atoms with Crippen molar-refractivity contribution in [3.05, 3.63) is 78.5 Å². The van der Waals surface area contributed by atoms with Gasteiger partial charge < -0.3 is 4.42 Å². The first-order valence-corrected chi connectivity index (χ1v) is 9.86. The van der Waals surface area contributed by atoms with E-state index in [1.165, 1.54) is 12.1 Å². The maximum absolute atomic E-state index is 13.1. The normalized spacial score (nSPS) is 11.5. The summed E-state index contributed by atoms with van der Waals surface area (Å²) in [5.41, 5.74) is 1.32. The minimum Gasteiger partial charge on any atom is -0.465 e. The number of furan rings is 1. The first-order chi connectivity index (χ1) is 13.5. The second kappa shape index (κ2) is 7.28. The fraction of sp³-hybridized carbons (Fsp3) is 0.0526. The number of H-pyrrole nitrogens is 1. The molecular formula is C19H16FN4O3S+. The highest BCUT2D eigenvalue weighted by atomic mass is 32.2. The van der Waals surface area contributed by atoms with Gasteiger partial charge in [-0.25, -0.2) is 22.8 Å². The molecule has 0 unspecified atom stereocenters. The van der Waals surface area contributed by atoms with Crippen molar-refractivity contribution in [2.75, 3.05) is 10.0 Å². The molecule has 0 bridgehead atoms. The molecule has 9 heteroatoms. The van der Waals surface area contributed by atoms with E-state index in [-0.39, 0.29) is 10.7 Å². The number of sulfonamides is 1. The zero-order valence-corrected chi connectivity index (χ0v) is 15.3. The summed E-state index contributed by atoms with van der Waals surface area (Å²) in [6.07, 6.45) is 1.55. The van der Waals surface area contributed by atoms with Crippen LogP contribution in [0.15, 0.2) is 76.2 Å². The first kappa shape index (κ1) is 17.9. The summed E-state index contributed by atoms with van der Waals surface area (Å²) in [5.74, 6) is 0.626. The smallest absolute Gasteiger partial charge is 0.317 e. The van der Waals surface area contributed by atoms with Crippen molar-refractivity contribution in [2.45, 2.75) is 11.4 Å². The van der Waals surface area contributed by atoms with E-state index in [9.17, 15) is 12.8 Å². The number of anilines is 2. The zero-order chi connectivity index (χ0) is 19.6. The van der Waals surface area contributed by atoms with Gasteiger partial charge in [0, 0.05) is 0 Å². The van der Waals surface area contributed by atoms with Gasteiger partial charge in [-0.1, -0.05) is 12.1 Å². The number of nitrogens with one attached hydrogen (secondary N) is 3. The molecule has 0 saturated heterocycles. The van der Waals surface area contributed by atoms with Gasteiger partial charge in [-0.15, -0.1) is 0 Å². The Balaban J connectivity index is 1.71. The molecule has 0 fully saturated rings. The largest absolute Gasteiger partial charge is 0.465 e. The third-order valence-electron chi connectivity index (χ3n) is 4.01. The van der Waals surface area contributed by atoms with Gasteiger partial charge in [-0.2, -0.15) is 0 Å². The van der Waals surface area contributed by atoms with Crippen molar-refractivity contribution in [3.63, 3.8) is 0 Å². The number of aromatic nitrogens is 2. The summed E-state index contributed by atoms with van der Waals surface area (Å²) in [6.45, 7) is 0.328. The molecule has 2 heterocycles. The molecule has 0 atom stereocenters. The monoisotopic (exact) mass is 399 g/mol. The van der Waals surface area contributed by atoms with E-state index in [0.29, 0.717) is 23.6 Å². The fourth-order valence-electron chi connectivity index (χ4n) is 2.64. The van der Waals surface area contributed by atoms with Crippen LogP contribution in [-0.2, 0) is 16.6 Å². The quantitative estimate of drug-likeness (QED) is 0.519. The van der Waals surface area contributed by atoms with Crippen molar-refractivity contribution in [1.29, 1.82) is 0 Å². The summed E-state index contributed by atoms with van der Waals surface area (Å²) in [5, 5.41) is 3.09. The number of benzene rings is 2. The predicted molar refractivity (Wildman–Crippen MR) is 102 cm³/mol. The second-order valence-corrected chi connectivity index (χ2v) is 7.65. The number of hydrogen-bond donors (Lipinski definition) is 2. The van der Waals surface area contributed by atoms with E-state index in [0.717, 1.165) is 17.6 Å². The van der Waals surface area contributed by atoms with Crippen molar-refractivity contribution in [3.8, 4) is 0 Å². The molecule has 28 heavy (non-hydrogen) atoms. The Morgan fingerprint density at radius 2 is 1.82 bits per heavy atom. The number of halogens is 1. The third kappa shape index (κ3) is 3.79. The van der Waals surface area contributed by atoms with Crippen LogP contribution in [0.4, 0.5) is 16.0 Å². The Hall–Kier alpha value is -3.46. The average molecular weight is 399 g/mol. The number of rotatable bonds is 6. The molecule has 7 nitrogen and oxygen atoms in total. The maximum atomic E-state index is 13.1. The van der Waals surface area contributed by atoms with E-state index in [4.69, 9.17) is 4.42 Å². The average Bonchev–Trinajstić information content (AvgIpc) is 3.20. The lowest BCUT2D eigenvalue weighted by Gasteiger charge is -2.09. The van der Waals surface area contributed by atoms with Gasteiger partial charge in [0.15, 0.2) is 5.52 Å². The summed E-state index contributed by atoms with van der Waals surface area (Å²) in [6, 6.07) is 15.4. The van der Waals surface area contributed by atoms with Crippen LogP contribution >= 0.6 is 0 Å². The summed E-state index contributed by atoms with van der Waals surface area (Å²) >= 11 is 0. The Morgan fingerprint density at radius 3 is 2.57 bits per heavy atom. The zero-order valence-electron chi connectivity index (χ0n) is 14.5. The van der Waals surface area contributed by atoms with Crippen LogP contribution in [0.1, 0.15) is 5.76 Å². The Kier molecular flexibility index (Phi) is 4.66. The molecule has 2 aromatic carbocycles. The van der Waals surface area contributed by atoms with Crippen LogP contribution in [-0.4, -0.2) is 13.4 Å². The standard InChI is InChI=1S/C19H15FN4O3S/c20-13-7-9-15(10-8-13)28(25,26)24-19-18(21-12-14-4-3-11-27-14)22-16-5-1-2-6-17(16)23-19/h1-11H,12H2,(H,21,22)(H,23,24)/p+1. The van der Waals surface area contributed by atoms with Crippen molar-refractivity contribution >= 4 is 32.7 Å². The SMILES string of the molecule is O=S(=O)(Nc1nc2ccccc2[nH+]c1NCc1ccco1)c1ccc(F)cc1. The molecule has 4 aromatic rings. The molecule has 0 amide bonds. The van der Waals surface area contributed by atoms with E-state index >= 15 is 0 Å². The Labute approximate surface area is 160 Å². The van der Waals surface area contributed by atoms with Crippen LogP contribution in [0.3, 0.4) is 0 Å². The highest BCUT2D eigenvalue weighted by Crippen LogP contribution is 2.22. The minimum atomic E-state index is -3.96. The molecule has 3 N–H and O–H groups in total. The van der Waals surface area contributed by atoms with Gasteiger partial charge in [0.2, 0.25) is 5.82 Å². The van der Waals surface area contributed by atoms with Gasteiger partial charge in [0.1, 0.15) is 23.6 Å². The van der Waals surface area contributed by atoms with Gasteiger partial charge in [0.05, 0.1) is 11.2 Å². The van der Waals surface area contributed by atoms with E-state index in [1.54, 1.807) is 30.5 Å². The van der Waals surface area contributed by atoms with Crippen molar-refractivity contribution < 1.29 is 22.2 Å². The number of para-hydroxylation sites is 2.